The molecule has 3 aliphatic rings. The number of hydrogen-bond acceptors (Lipinski definition) is 5. The first-order chi connectivity index (χ1) is 15.2. The van der Waals surface area contributed by atoms with Gasteiger partial charge in [-0.25, -0.2) is 4.39 Å². The van der Waals surface area contributed by atoms with E-state index in [0.717, 1.165) is 11.6 Å². The molecule has 32 heavy (non-hydrogen) atoms. The Morgan fingerprint density at radius 3 is 2.59 bits per heavy atom. The molecule has 1 aromatic carbocycles. The van der Waals surface area contributed by atoms with E-state index in [1.165, 1.54) is 12.1 Å². The molecule has 2 aromatic rings. The number of nitrogens with zero attached hydrogens (tertiary/aromatic N) is 1. The summed E-state index contributed by atoms with van der Waals surface area (Å²) in [5, 5.41) is 16.8. The van der Waals surface area contributed by atoms with Crippen LogP contribution in [0.5, 0.6) is 5.75 Å². The van der Waals surface area contributed by atoms with E-state index in [2.05, 4.69) is 15.6 Å². The Morgan fingerprint density at radius 2 is 1.97 bits per heavy atom. The molecule has 3 saturated carbocycles. The number of ether oxygens (including phenoxy) is 1. The maximum Gasteiger partial charge on any atom is 0.270 e. The smallest absolute Gasteiger partial charge is 0.270 e. The molecule has 3 fully saturated rings. The minimum Gasteiger partial charge on any atom is -0.484 e. The average molecular weight is 462 g/mol. The van der Waals surface area contributed by atoms with Gasteiger partial charge in [-0.15, -0.1) is 0 Å². The van der Waals surface area contributed by atoms with Crippen LogP contribution >= 0.6 is 11.6 Å². The van der Waals surface area contributed by atoms with Gasteiger partial charge in [0.2, 0.25) is 0 Å². The molecule has 3 aliphatic carbocycles. The van der Waals surface area contributed by atoms with Crippen LogP contribution in [0.2, 0.25) is 5.02 Å². The first-order valence-electron chi connectivity index (χ1n) is 10.5. The standard InChI is InChI=1S/C23H25ClFN3O4/c1-14-2-5-18(26-12-14)21(31)28-23-8-6-22(7-9-23,11-19(23)29)27-20(30)13-32-15-3-4-16(24)17(25)10-15/h2-5,10,12,19,29H,6-9,11,13H2,1H3,(H,27,30)(H,28,31). The molecule has 1 aromatic heterocycles. The van der Waals surface area contributed by atoms with Crippen LogP contribution in [0, 0.1) is 12.7 Å². The van der Waals surface area contributed by atoms with Crippen LogP contribution < -0.4 is 15.4 Å². The predicted molar refractivity (Wildman–Crippen MR) is 116 cm³/mol. The van der Waals surface area contributed by atoms with Crippen molar-refractivity contribution >= 4 is 23.4 Å². The highest BCUT2D eigenvalue weighted by Gasteiger charge is 2.55. The van der Waals surface area contributed by atoms with Crippen molar-refractivity contribution in [3.63, 3.8) is 0 Å². The summed E-state index contributed by atoms with van der Waals surface area (Å²) in [6.07, 6.45) is 3.47. The van der Waals surface area contributed by atoms with Crippen molar-refractivity contribution in [3.8, 4) is 5.75 Å². The lowest BCUT2D eigenvalue weighted by Crippen LogP contribution is -2.70. The number of aliphatic hydroxyl groups excluding tert-OH is 1. The Labute approximate surface area is 190 Å². The van der Waals surface area contributed by atoms with Crippen molar-refractivity contribution < 1.29 is 23.8 Å². The summed E-state index contributed by atoms with van der Waals surface area (Å²) >= 11 is 5.65. The average Bonchev–Trinajstić information content (AvgIpc) is 2.76. The largest absolute Gasteiger partial charge is 0.484 e. The number of aryl methyl sites for hydroxylation is 1. The Balaban J connectivity index is 1.34. The van der Waals surface area contributed by atoms with E-state index in [-0.39, 0.29) is 29.2 Å². The maximum absolute atomic E-state index is 13.5. The van der Waals surface area contributed by atoms with Gasteiger partial charge >= 0.3 is 0 Å². The highest BCUT2D eigenvalue weighted by Crippen LogP contribution is 2.47. The Hall–Kier alpha value is -2.71. The highest BCUT2D eigenvalue weighted by atomic mass is 35.5. The topological polar surface area (TPSA) is 101 Å². The highest BCUT2D eigenvalue weighted by molar-refractivity contribution is 6.30. The monoisotopic (exact) mass is 461 g/mol. The number of pyridine rings is 1. The van der Waals surface area contributed by atoms with E-state index in [4.69, 9.17) is 16.3 Å². The molecule has 5 rings (SSSR count). The summed E-state index contributed by atoms with van der Waals surface area (Å²) in [5.74, 6) is -1.08. The molecule has 1 heterocycles. The van der Waals surface area contributed by atoms with Crippen molar-refractivity contribution in [1.82, 2.24) is 15.6 Å². The Bertz CT molecular complexity index is 1020. The van der Waals surface area contributed by atoms with Crippen molar-refractivity contribution in [3.05, 3.63) is 58.6 Å². The summed E-state index contributed by atoms with van der Waals surface area (Å²) < 4.78 is 18.9. The molecule has 2 bridgehead atoms. The second-order valence-electron chi connectivity index (χ2n) is 8.74. The van der Waals surface area contributed by atoms with Crippen LogP contribution in [0.4, 0.5) is 4.39 Å². The Morgan fingerprint density at radius 1 is 1.22 bits per heavy atom. The van der Waals surface area contributed by atoms with E-state index in [0.29, 0.717) is 37.8 Å². The quantitative estimate of drug-likeness (QED) is 0.614. The van der Waals surface area contributed by atoms with Gasteiger partial charge in [0, 0.05) is 17.8 Å². The number of benzene rings is 1. The molecule has 1 unspecified atom stereocenters. The van der Waals surface area contributed by atoms with Crippen LogP contribution in [-0.2, 0) is 4.79 Å². The van der Waals surface area contributed by atoms with Crippen molar-refractivity contribution in [2.24, 2.45) is 0 Å². The number of aliphatic hydroxyl groups is 1. The molecule has 0 saturated heterocycles. The SMILES string of the molecule is Cc1ccc(C(=O)NC23CCC(NC(=O)COc4ccc(Cl)c(F)c4)(CC2)CC3O)nc1. The van der Waals surface area contributed by atoms with Crippen LogP contribution in [0.25, 0.3) is 0 Å². The van der Waals surface area contributed by atoms with Crippen LogP contribution in [0.1, 0.15) is 48.2 Å². The first kappa shape index (κ1) is 22.5. The third-order valence-electron chi connectivity index (χ3n) is 6.49. The van der Waals surface area contributed by atoms with Crippen LogP contribution in [-0.4, -0.2) is 45.7 Å². The fraction of sp³-hybridized carbons (Fsp3) is 0.435. The van der Waals surface area contributed by atoms with Gasteiger partial charge in [-0.1, -0.05) is 17.7 Å². The van der Waals surface area contributed by atoms with Gasteiger partial charge in [-0.05, 0) is 62.8 Å². The molecule has 0 spiro atoms. The minimum absolute atomic E-state index is 0.0205. The van der Waals surface area contributed by atoms with Crippen molar-refractivity contribution in [2.45, 2.75) is 56.2 Å². The molecule has 170 valence electrons. The van der Waals surface area contributed by atoms with Gasteiger partial charge in [0.15, 0.2) is 6.61 Å². The zero-order valence-corrected chi connectivity index (χ0v) is 18.4. The van der Waals surface area contributed by atoms with E-state index in [1.54, 1.807) is 12.3 Å². The van der Waals surface area contributed by atoms with Gasteiger partial charge in [0.25, 0.3) is 11.8 Å². The van der Waals surface area contributed by atoms with Crippen molar-refractivity contribution in [1.29, 1.82) is 0 Å². The number of hydrogen-bond donors (Lipinski definition) is 3. The summed E-state index contributed by atoms with van der Waals surface area (Å²) in [7, 11) is 0. The molecule has 0 radical (unpaired) electrons. The summed E-state index contributed by atoms with van der Waals surface area (Å²) in [4.78, 5) is 29.3. The molecule has 0 aliphatic heterocycles. The van der Waals surface area contributed by atoms with Crippen LogP contribution in [0.15, 0.2) is 36.5 Å². The van der Waals surface area contributed by atoms with Gasteiger partial charge in [-0.3, -0.25) is 14.6 Å². The summed E-state index contributed by atoms with van der Waals surface area (Å²) in [5.41, 5.74) is -0.0166. The fourth-order valence-electron chi connectivity index (χ4n) is 4.60. The minimum atomic E-state index is -0.800. The van der Waals surface area contributed by atoms with E-state index < -0.39 is 23.0 Å². The summed E-state index contributed by atoms with van der Waals surface area (Å²) in [6.45, 7) is 1.62. The number of fused-ring (bicyclic) bond motifs is 3. The lowest BCUT2D eigenvalue weighted by Gasteiger charge is -2.56. The Kier molecular flexibility index (Phi) is 6.09. The number of rotatable bonds is 6. The second kappa shape index (κ2) is 8.67. The molecule has 1 atom stereocenters. The second-order valence-corrected chi connectivity index (χ2v) is 9.15. The lowest BCUT2D eigenvalue weighted by molar-refractivity contribution is -0.129. The number of amides is 2. The summed E-state index contributed by atoms with van der Waals surface area (Å²) in [6, 6.07) is 7.46. The van der Waals surface area contributed by atoms with Gasteiger partial charge in [-0.2, -0.15) is 0 Å². The third kappa shape index (κ3) is 4.56. The fourth-order valence-corrected chi connectivity index (χ4v) is 4.72. The zero-order chi connectivity index (χ0) is 22.9. The maximum atomic E-state index is 13.5. The van der Waals surface area contributed by atoms with Crippen molar-refractivity contribution in [2.75, 3.05) is 6.61 Å². The predicted octanol–water partition coefficient (Wildman–Crippen LogP) is 2.92. The van der Waals surface area contributed by atoms with E-state index in [9.17, 15) is 19.1 Å². The first-order valence-corrected chi connectivity index (χ1v) is 10.9. The molecule has 2 amide bonds. The number of halogens is 2. The van der Waals surface area contributed by atoms with E-state index >= 15 is 0 Å². The molecule has 9 heteroatoms. The number of carbonyl (C=O) groups is 2. The number of carbonyl (C=O) groups excluding carboxylic acids is 2. The molecule has 3 N–H and O–H groups in total. The molecular formula is C23H25ClFN3O4. The van der Waals surface area contributed by atoms with Gasteiger partial charge in [0.05, 0.1) is 16.7 Å². The number of nitrogens with one attached hydrogen (secondary N) is 2. The molecule has 7 nitrogen and oxygen atoms in total. The third-order valence-corrected chi connectivity index (χ3v) is 6.80. The van der Waals surface area contributed by atoms with Gasteiger partial charge < -0.3 is 20.5 Å². The van der Waals surface area contributed by atoms with Crippen LogP contribution in [0.3, 0.4) is 0 Å². The normalized spacial score (nSPS) is 26.4. The number of aromatic nitrogens is 1. The lowest BCUT2D eigenvalue weighted by atomic mass is 9.60. The van der Waals surface area contributed by atoms with Gasteiger partial charge in [0.1, 0.15) is 17.3 Å². The van der Waals surface area contributed by atoms with E-state index in [1.807, 2.05) is 13.0 Å². The zero-order valence-electron chi connectivity index (χ0n) is 17.7. The molecular weight excluding hydrogens is 437 g/mol.